The molecule has 1 N–H and O–H groups in total. The molecule has 23 heavy (non-hydrogen) atoms. The molecule has 0 aliphatic carbocycles. The molecule has 0 aromatic rings. The van der Waals surface area contributed by atoms with Crippen LogP contribution in [0.2, 0.25) is 0 Å². The second kappa shape index (κ2) is 11.1. The van der Waals surface area contributed by atoms with Gasteiger partial charge in [0.05, 0.1) is 12.0 Å². The molecule has 0 saturated carbocycles. The van der Waals surface area contributed by atoms with Crippen molar-refractivity contribution in [2.45, 2.75) is 107 Å². The van der Waals surface area contributed by atoms with Gasteiger partial charge in [-0.25, -0.2) is 0 Å². The molecule has 0 spiro atoms. The van der Waals surface area contributed by atoms with Gasteiger partial charge in [-0.15, -0.1) is 0 Å². The van der Waals surface area contributed by atoms with Crippen LogP contribution < -0.4 is 0 Å². The van der Waals surface area contributed by atoms with Crippen LogP contribution in [-0.2, 0) is 9.53 Å². The van der Waals surface area contributed by atoms with Crippen LogP contribution in [0.1, 0.15) is 94.9 Å². The van der Waals surface area contributed by atoms with Crippen molar-refractivity contribution in [3.63, 3.8) is 0 Å². The van der Waals surface area contributed by atoms with Crippen molar-refractivity contribution in [2.24, 2.45) is 16.7 Å². The average molecular weight is 331 g/mol. The SMILES string of the molecule is CC.CCCC(O)C(CC)OC(=O)C(CC(C)(C)C)C(C)(C)C. The van der Waals surface area contributed by atoms with E-state index in [0.29, 0.717) is 12.8 Å². The Hall–Kier alpha value is -0.570. The van der Waals surface area contributed by atoms with Crippen molar-refractivity contribution in [3.8, 4) is 0 Å². The first-order valence-electron chi connectivity index (χ1n) is 9.31. The maximum Gasteiger partial charge on any atom is 0.309 e. The summed E-state index contributed by atoms with van der Waals surface area (Å²) in [5, 5.41) is 10.1. The Morgan fingerprint density at radius 1 is 1.04 bits per heavy atom. The van der Waals surface area contributed by atoms with Crippen LogP contribution in [0.15, 0.2) is 0 Å². The van der Waals surface area contributed by atoms with Gasteiger partial charge in [-0.1, -0.05) is 75.7 Å². The Kier molecular flexibility index (Phi) is 11.9. The number of carbonyl (C=O) groups excluding carboxylic acids is 1. The van der Waals surface area contributed by atoms with Crippen molar-refractivity contribution in [2.75, 3.05) is 0 Å². The van der Waals surface area contributed by atoms with E-state index < -0.39 is 6.10 Å². The average Bonchev–Trinajstić information content (AvgIpc) is 2.42. The standard InChI is InChI=1S/C18H36O3.C2H6/c1-9-11-14(19)15(10-2)21-16(20)13(18(6,7)8)12-17(3,4)5;1-2/h13-15,19H,9-12H2,1-8H3;1-2H3. The highest BCUT2D eigenvalue weighted by atomic mass is 16.6. The van der Waals surface area contributed by atoms with Gasteiger partial charge in [0.25, 0.3) is 0 Å². The van der Waals surface area contributed by atoms with Crippen molar-refractivity contribution >= 4 is 5.97 Å². The Morgan fingerprint density at radius 3 is 1.83 bits per heavy atom. The maximum atomic E-state index is 12.6. The quantitative estimate of drug-likeness (QED) is 0.619. The molecule has 0 saturated heterocycles. The topological polar surface area (TPSA) is 46.5 Å². The second-order valence-electron chi connectivity index (χ2n) is 8.42. The van der Waals surface area contributed by atoms with Gasteiger partial charge >= 0.3 is 5.97 Å². The molecule has 0 aliphatic heterocycles. The minimum atomic E-state index is -0.556. The minimum absolute atomic E-state index is 0.0702. The lowest BCUT2D eigenvalue weighted by atomic mass is 9.72. The van der Waals surface area contributed by atoms with Crippen LogP contribution in [0.25, 0.3) is 0 Å². The number of hydrogen-bond donors (Lipinski definition) is 1. The molecule has 0 bridgehead atoms. The molecule has 0 radical (unpaired) electrons. The Bertz CT molecular complexity index is 310. The van der Waals surface area contributed by atoms with E-state index in [-0.39, 0.29) is 28.8 Å². The lowest BCUT2D eigenvalue weighted by Gasteiger charge is -2.35. The van der Waals surface area contributed by atoms with Crippen molar-refractivity contribution in [1.29, 1.82) is 0 Å². The van der Waals surface area contributed by atoms with Gasteiger partial charge in [-0.05, 0) is 30.1 Å². The molecule has 3 nitrogen and oxygen atoms in total. The summed E-state index contributed by atoms with van der Waals surface area (Å²) in [6, 6.07) is 0. The van der Waals surface area contributed by atoms with Crippen LogP contribution in [0, 0.1) is 16.7 Å². The molecule has 0 aliphatic rings. The largest absolute Gasteiger partial charge is 0.459 e. The summed E-state index contributed by atoms with van der Waals surface area (Å²) < 4.78 is 5.66. The third-order valence-electron chi connectivity index (χ3n) is 3.83. The third kappa shape index (κ3) is 10.8. The fourth-order valence-corrected chi connectivity index (χ4v) is 2.50. The molecule has 0 fully saturated rings. The van der Waals surface area contributed by atoms with Crippen molar-refractivity contribution < 1.29 is 14.6 Å². The predicted molar refractivity (Wildman–Crippen MR) is 99.5 cm³/mol. The Labute approximate surface area is 145 Å². The zero-order valence-corrected chi connectivity index (χ0v) is 17.3. The number of esters is 1. The summed E-state index contributed by atoms with van der Waals surface area (Å²) in [6.45, 7) is 20.6. The molecular formula is C20H42O3. The number of carbonyl (C=O) groups is 1. The van der Waals surface area contributed by atoms with Crippen LogP contribution in [0.4, 0.5) is 0 Å². The van der Waals surface area contributed by atoms with Gasteiger partial charge in [0.2, 0.25) is 0 Å². The predicted octanol–water partition coefficient (Wildman–Crippen LogP) is 5.59. The van der Waals surface area contributed by atoms with E-state index in [1.54, 1.807) is 0 Å². The van der Waals surface area contributed by atoms with Gasteiger partial charge in [-0.2, -0.15) is 0 Å². The molecule has 0 aromatic heterocycles. The number of aliphatic hydroxyl groups is 1. The van der Waals surface area contributed by atoms with Crippen LogP contribution in [0.5, 0.6) is 0 Å². The molecule has 0 aromatic carbocycles. The highest BCUT2D eigenvalue weighted by Crippen LogP contribution is 2.37. The fourth-order valence-electron chi connectivity index (χ4n) is 2.50. The number of hydrogen-bond acceptors (Lipinski definition) is 3. The Balaban J connectivity index is 0. The molecule has 0 amide bonds. The number of ether oxygens (including phenoxy) is 1. The van der Waals surface area contributed by atoms with E-state index in [0.717, 1.165) is 12.8 Å². The van der Waals surface area contributed by atoms with E-state index in [1.165, 1.54) is 0 Å². The smallest absolute Gasteiger partial charge is 0.309 e. The van der Waals surface area contributed by atoms with Gasteiger partial charge in [0.1, 0.15) is 6.10 Å². The molecule has 0 rings (SSSR count). The summed E-state index contributed by atoms with van der Waals surface area (Å²) >= 11 is 0. The van der Waals surface area contributed by atoms with Crippen molar-refractivity contribution in [1.82, 2.24) is 0 Å². The van der Waals surface area contributed by atoms with E-state index in [1.807, 2.05) is 27.7 Å². The highest BCUT2D eigenvalue weighted by Gasteiger charge is 2.37. The zero-order valence-electron chi connectivity index (χ0n) is 17.3. The molecule has 140 valence electrons. The normalized spacial score (nSPS) is 16.0. The molecule has 0 heterocycles. The molecule has 3 atom stereocenters. The van der Waals surface area contributed by atoms with Crippen LogP contribution in [0.3, 0.4) is 0 Å². The van der Waals surface area contributed by atoms with Crippen molar-refractivity contribution in [3.05, 3.63) is 0 Å². The second-order valence-corrected chi connectivity index (χ2v) is 8.42. The van der Waals surface area contributed by atoms with Crippen LogP contribution in [-0.4, -0.2) is 23.3 Å². The highest BCUT2D eigenvalue weighted by molar-refractivity contribution is 5.73. The maximum absolute atomic E-state index is 12.6. The summed E-state index contributed by atoms with van der Waals surface area (Å²) in [7, 11) is 0. The lowest BCUT2D eigenvalue weighted by molar-refractivity contribution is -0.166. The molecular weight excluding hydrogens is 288 g/mol. The minimum Gasteiger partial charge on any atom is -0.459 e. The lowest BCUT2D eigenvalue weighted by Crippen LogP contribution is -2.38. The van der Waals surface area contributed by atoms with E-state index >= 15 is 0 Å². The van der Waals surface area contributed by atoms with E-state index in [9.17, 15) is 9.90 Å². The zero-order chi connectivity index (χ0) is 18.8. The summed E-state index contributed by atoms with van der Waals surface area (Å²) in [5.41, 5.74) is -0.0704. The van der Waals surface area contributed by atoms with E-state index in [2.05, 4.69) is 41.5 Å². The summed E-state index contributed by atoms with van der Waals surface area (Å²) in [4.78, 5) is 12.6. The van der Waals surface area contributed by atoms with Gasteiger partial charge in [0.15, 0.2) is 0 Å². The first-order valence-corrected chi connectivity index (χ1v) is 9.31. The van der Waals surface area contributed by atoms with Gasteiger partial charge in [0, 0.05) is 0 Å². The summed E-state index contributed by atoms with van der Waals surface area (Å²) in [5.74, 6) is -0.320. The van der Waals surface area contributed by atoms with Crippen LogP contribution >= 0.6 is 0 Å². The number of rotatable bonds is 7. The fraction of sp³-hybridized carbons (Fsp3) is 0.950. The summed E-state index contributed by atoms with van der Waals surface area (Å²) in [6.07, 6.45) is 2.06. The van der Waals surface area contributed by atoms with E-state index in [4.69, 9.17) is 4.74 Å². The van der Waals surface area contributed by atoms with Gasteiger partial charge < -0.3 is 9.84 Å². The third-order valence-corrected chi connectivity index (χ3v) is 3.83. The first-order chi connectivity index (χ1) is 10.4. The molecule has 3 heteroatoms. The monoisotopic (exact) mass is 330 g/mol. The van der Waals surface area contributed by atoms with Gasteiger partial charge in [-0.3, -0.25) is 4.79 Å². The first kappa shape index (κ1) is 24.7. The Morgan fingerprint density at radius 2 is 1.52 bits per heavy atom. The molecule has 3 unspecified atom stereocenters. The number of aliphatic hydroxyl groups excluding tert-OH is 1.